The lowest BCUT2D eigenvalue weighted by Crippen LogP contribution is -2.23. The molecule has 1 amide bonds. The quantitative estimate of drug-likeness (QED) is 0.534. The number of hydrogen-bond acceptors (Lipinski definition) is 4. The van der Waals surface area contributed by atoms with Gasteiger partial charge in [-0.2, -0.15) is 0 Å². The molecule has 7 heteroatoms. The summed E-state index contributed by atoms with van der Waals surface area (Å²) in [5, 5.41) is 7.33. The van der Waals surface area contributed by atoms with E-state index in [0.29, 0.717) is 17.3 Å². The highest BCUT2D eigenvalue weighted by atomic mass is 35.5. The van der Waals surface area contributed by atoms with E-state index in [1.165, 1.54) is 0 Å². The van der Waals surface area contributed by atoms with Crippen LogP contribution < -0.4 is 5.32 Å². The van der Waals surface area contributed by atoms with Gasteiger partial charge in [0.15, 0.2) is 11.5 Å². The van der Waals surface area contributed by atoms with E-state index in [0.717, 1.165) is 23.2 Å². The molecule has 2 aromatic carbocycles. The normalized spacial score (nSPS) is 10.8. The molecule has 28 heavy (non-hydrogen) atoms. The lowest BCUT2D eigenvalue weighted by atomic mass is 10.1. The SMILES string of the molecule is O=C(NCc1cccc(Cn2ccnc2)c1)c1cc(-c2cccc(Cl)c2)on1. The summed E-state index contributed by atoms with van der Waals surface area (Å²) in [5.41, 5.74) is 3.13. The minimum atomic E-state index is -0.294. The molecular weight excluding hydrogens is 376 g/mol. The van der Waals surface area contributed by atoms with Gasteiger partial charge in [-0.25, -0.2) is 4.98 Å². The lowest BCUT2D eigenvalue weighted by molar-refractivity contribution is 0.0942. The number of nitrogens with one attached hydrogen (secondary N) is 1. The number of rotatable bonds is 6. The number of hydrogen-bond donors (Lipinski definition) is 1. The highest BCUT2D eigenvalue weighted by molar-refractivity contribution is 6.30. The van der Waals surface area contributed by atoms with Gasteiger partial charge >= 0.3 is 0 Å². The first kappa shape index (κ1) is 18.0. The zero-order valence-corrected chi connectivity index (χ0v) is 15.6. The Bertz CT molecular complexity index is 1090. The molecule has 140 valence electrons. The van der Waals surface area contributed by atoms with Crippen molar-refractivity contribution in [3.8, 4) is 11.3 Å². The summed E-state index contributed by atoms with van der Waals surface area (Å²) < 4.78 is 7.27. The molecular formula is C21H17ClN4O2. The van der Waals surface area contributed by atoms with Crippen molar-refractivity contribution in [2.75, 3.05) is 0 Å². The van der Waals surface area contributed by atoms with Gasteiger partial charge in [-0.3, -0.25) is 4.79 Å². The maximum atomic E-state index is 12.4. The van der Waals surface area contributed by atoms with Crippen LogP contribution in [0.5, 0.6) is 0 Å². The van der Waals surface area contributed by atoms with Crippen LogP contribution in [0.25, 0.3) is 11.3 Å². The highest BCUT2D eigenvalue weighted by Gasteiger charge is 2.13. The molecule has 2 heterocycles. The van der Waals surface area contributed by atoms with Gasteiger partial charge in [0.25, 0.3) is 5.91 Å². The zero-order chi connectivity index (χ0) is 19.3. The summed E-state index contributed by atoms with van der Waals surface area (Å²) in [7, 11) is 0. The van der Waals surface area contributed by atoms with Gasteiger partial charge in [0, 0.05) is 42.1 Å². The van der Waals surface area contributed by atoms with Crippen molar-refractivity contribution < 1.29 is 9.32 Å². The average molecular weight is 393 g/mol. The standard InChI is InChI=1S/C21H17ClN4O2/c22-18-6-2-5-17(10-18)20-11-19(25-28-20)21(27)24-12-15-3-1-4-16(9-15)13-26-8-7-23-14-26/h1-11,14H,12-13H2,(H,24,27). The monoisotopic (exact) mass is 392 g/mol. The molecule has 0 aliphatic carbocycles. The van der Waals surface area contributed by atoms with Crippen molar-refractivity contribution in [3.63, 3.8) is 0 Å². The van der Waals surface area contributed by atoms with E-state index < -0.39 is 0 Å². The fourth-order valence-electron chi connectivity index (χ4n) is 2.86. The number of halogens is 1. The molecule has 0 saturated carbocycles. The number of benzene rings is 2. The van der Waals surface area contributed by atoms with Crippen LogP contribution in [0.1, 0.15) is 21.6 Å². The molecule has 6 nitrogen and oxygen atoms in total. The summed E-state index contributed by atoms with van der Waals surface area (Å²) in [6.45, 7) is 1.13. The van der Waals surface area contributed by atoms with Gasteiger partial charge in [0.05, 0.1) is 6.33 Å². The first-order valence-corrected chi connectivity index (χ1v) is 9.09. The molecule has 0 atom stereocenters. The smallest absolute Gasteiger partial charge is 0.273 e. The first-order valence-electron chi connectivity index (χ1n) is 8.72. The van der Waals surface area contributed by atoms with E-state index in [1.54, 1.807) is 30.7 Å². The highest BCUT2D eigenvalue weighted by Crippen LogP contribution is 2.23. The van der Waals surface area contributed by atoms with E-state index in [-0.39, 0.29) is 11.6 Å². The molecule has 0 aliphatic heterocycles. The van der Waals surface area contributed by atoms with Gasteiger partial charge in [-0.15, -0.1) is 0 Å². The number of nitrogens with zero attached hydrogens (tertiary/aromatic N) is 3. The molecule has 0 radical (unpaired) electrons. The van der Waals surface area contributed by atoms with Crippen molar-refractivity contribution in [3.05, 3.63) is 95.2 Å². The number of amides is 1. The van der Waals surface area contributed by atoms with E-state index in [1.807, 2.05) is 41.1 Å². The van der Waals surface area contributed by atoms with Crippen molar-refractivity contribution in [1.82, 2.24) is 20.0 Å². The molecule has 1 N–H and O–H groups in total. The second-order valence-corrected chi connectivity index (χ2v) is 6.76. The average Bonchev–Trinajstić information content (AvgIpc) is 3.38. The van der Waals surface area contributed by atoms with Crippen LogP contribution in [-0.4, -0.2) is 20.6 Å². The Morgan fingerprint density at radius 2 is 1.96 bits per heavy atom. The third-order valence-corrected chi connectivity index (χ3v) is 4.46. The molecule has 2 aromatic heterocycles. The largest absolute Gasteiger partial charge is 0.355 e. The zero-order valence-electron chi connectivity index (χ0n) is 14.9. The third kappa shape index (κ3) is 4.29. The molecule has 0 fully saturated rings. The van der Waals surface area contributed by atoms with Crippen molar-refractivity contribution in [2.45, 2.75) is 13.1 Å². The van der Waals surface area contributed by atoms with Crippen molar-refractivity contribution >= 4 is 17.5 Å². The number of aromatic nitrogens is 3. The van der Waals surface area contributed by atoms with Crippen LogP contribution >= 0.6 is 11.6 Å². The Kier molecular flexibility index (Phi) is 5.21. The summed E-state index contributed by atoms with van der Waals surface area (Å²) in [6.07, 6.45) is 5.44. The fraction of sp³-hybridized carbons (Fsp3) is 0.0952. The number of carbonyl (C=O) groups is 1. The molecule has 4 rings (SSSR count). The molecule has 0 bridgehead atoms. The fourth-order valence-corrected chi connectivity index (χ4v) is 3.05. The van der Waals surface area contributed by atoms with Gasteiger partial charge < -0.3 is 14.4 Å². The van der Waals surface area contributed by atoms with E-state index in [4.69, 9.17) is 16.1 Å². The second-order valence-electron chi connectivity index (χ2n) is 6.32. The van der Waals surface area contributed by atoms with Crippen LogP contribution in [-0.2, 0) is 13.1 Å². The van der Waals surface area contributed by atoms with Gasteiger partial charge in [-0.1, -0.05) is 53.2 Å². The van der Waals surface area contributed by atoms with Crippen LogP contribution in [0.15, 0.2) is 77.8 Å². The summed E-state index contributed by atoms with van der Waals surface area (Å²) in [6, 6.07) is 16.8. The molecule has 0 saturated heterocycles. The van der Waals surface area contributed by atoms with E-state index >= 15 is 0 Å². The minimum absolute atomic E-state index is 0.226. The number of carbonyl (C=O) groups excluding carboxylic acids is 1. The van der Waals surface area contributed by atoms with Crippen LogP contribution in [0, 0.1) is 0 Å². The van der Waals surface area contributed by atoms with Crippen molar-refractivity contribution in [2.24, 2.45) is 0 Å². The van der Waals surface area contributed by atoms with Crippen LogP contribution in [0.2, 0.25) is 5.02 Å². The molecule has 0 aliphatic rings. The van der Waals surface area contributed by atoms with Crippen LogP contribution in [0.3, 0.4) is 0 Å². The first-order chi connectivity index (χ1) is 13.7. The Hall–Kier alpha value is -3.38. The summed E-state index contributed by atoms with van der Waals surface area (Å²) >= 11 is 5.99. The molecule has 4 aromatic rings. The Morgan fingerprint density at radius 3 is 2.79 bits per heavy atom. The predicted octanol–water partition coefficient (Wildman–Crippen LogP) is 4.17. The second kappa shape index (κ2) is 8.10. The lowest BCUT2D eigenvalue weighted by Gasteiger charge is -2.07. The van der Waals surface area contributed by atoms with Gasteiger partial charge in [-0.05, 0) is 23.3 Å². The van der Waals surface area contributed by atoms with Gasteiger partial charge in [0.2, 0.25) is 0 Å². The van der Waals surface area contributed by atoms with Gasteiger partial charge in [0.1, 0.15) is 0 Å². The molecule has 0 spiro atoms. The summed E-state index contributed by atoms with van der Waals surface area (Å²) in [4.78, 5) is 16.4. The maximum Gasteiger partial charge on any atom is 0.273 e. The van der Waals surface area contributed by atoms with E-state index in [2.05, 4.69) is 21.5 Å². The summed E-state index contributed by atoms with van der Waals surface area (Å²) in [5.74, 6) is 0.201. The van der Waals surface area contributed by atoms with E-state index in [9.17, 15) is 4.79 Å². The minimum Gasteiger partial charge on any atom is -0.355 e. The maximum absolute atomic E-state index is 12.4. The number of imidazole rings is 1. The molecule has 0 unspecified atom stereocenters. The predicted molar refractivity (Wildman–Crippen MR) is 106 cm³/mol. The Labute approximate surface area is 166 Å². The third-order valence-electron chi connectivity index (χ3n) is 4.22. The van der Waals surface area contributed by atoms with Crippen molar-refractivity contribution in [1.29, 1.82) is 0 Å². The Morgan fingerprint density at radius 1 is 1.11 bits per heavy atom. The topological polar surface area (TPSA) is 73.0 Å². The Balaban J connectivity index is 1.39. The van der Waals surface area contributed by atoms with Crippen LogP contribution in [0.4, 0.5) is 0 Å².